The Morgan fingerprint density at radius 2 is 1.82 bits per heavy atom. The molecule has 1 N–H and O–H groups in total. The lowest BCUT2D eigenvalue weighted by atomic mass is 10.1. The topological polar surface area (TPSA) is 21.3 Å². The molecular weight excluding hydrogens is 210 g/mol. The second kappa shape index (κ2) is 8.26. The molecule has 0 aliphatic heterocycles. The number of ether oxygens (including phenoxy) is 1. The minimum atomic E-state index is 0.500. The van der Waals surface area contributed by atoms with Crippen LogP contribution in [0.3, 0.4) is 0 Å². The SMILES string of the molecule is CC(C)COCCNC(C)Cc1ccccc1. The molecule has 0 saturated carbocycles. The van der Waals surface area contributed by atoms with Gasteiger partial charge in [-0.2, -0.15) is 0 Å². The Kier molecular flexibility index (Phi) is 6.90. The molecule has 1 aromatic rings. The van der Waals surface area contributed by atoms with Crippen molar-refractivity contribution in [2.75, 3.05) is 19.8 Å². The van der Waals surface area contributed by atoms with Gasteiger partial charge in [0.05, 0.1) is 6.61 Å². The summed E-state index contributed by atoms with van der Waals surface area (Å²) in [6, 6.07) is 11.1. The molecule has 96 valence electrons. The Morgan fingerprint density at radius 1 is 1.12 bits per heavy atom. The van der Waals surface area contributed by atoms with Gasteiger partial charge < -0.3 is 10.1 Å². The Balaban J connectivity index is 2.07. The van der Waals surface area contributed by atoms with Gasteiger partial charge in [-0.25, -0.2) is 0 Å². The van der Waals surface area contributed by atoms with E-state index in [1.54, 1.807) is 0 Å². The summed E-state index contributed by atoms with van der Waals surface area (Å²) in [5, 5.41) is 3.48. The van der Waals surface area contributed by atoms with E-state index in [9.17, 15) is 0 Å². The van der Waals surface area contributed by atoms with Crippen molar-refractivity contribution < 1.29 is 4.74 Å². The van der Waals surface area contributed by atoms with Gasteiger partial charge in [-0.3, -0.25) is 0 Å². The van der Waals surface area contributed by atoms with Crippen LogP contribution in [0.4, 0.5) is 0 Å². The molecule has 0 fully saturated rings. The van der Waals surface area contributed by atoms with Crippen LogP contribution in [0.25, 0.3) is 0 Å². The number of hydrogen-bond donors (Lipinski definition) is 1. The number of hydrogen-bond acceptors (Lipinski definition) is 2. The Hall–Kier alpha value is -0.860. The molecule has 1 aromatic carbocycles. The largest absolute Gasteiger partial charge is 0.380 e. The van der Waals surface area contributed by atoms with Gasteiger partial charge in [-0.05, 0) is 24.8 Å². The first-order valence-electron chi connectivity index (χ1n) is 6.53. The molecule has 0 aromatic heterocycles. The van der Waals surface area contributed by atoms with Gasteiger partial charge in [0.1, 0.15) is 0 Å². The standard InChI is InChI=1S/C15H25NO/c1-13(2)12-17-10-9-16-14(3)11-15-7-5-4-6-8-15/h4-8,13-14,16H,9-12H2,1-3H3. The zero-order chi connectivity index (χ0) is 12.5. The molecule has 1 rings (SSSR count). The summed E-state index contributed by atoms with van der Waals surface area (Å²) in [7, 11) is 0. The molecule has 0 spiro atoms. The lowest BCUT2D eigenvalue weighted by molar-refractivity contribution is 0.110. The van der Waals surface area contributed by atoms with Crippen molar-refractivity contribution in [3.63, 3.8) is 0 Å². The zero-order valence-corrected chi connectivity index (χ0v) is 11.3. The molecule has 1 atom stereocenters. The van der Waals surface area contributed by atoms with E-state index in [0.29, 0.717) is 12.0 Å². The van der Waals surface area contributed by atoms with Crippen molar-refractivity contribution in [1.82, 2.24) is 5.32 Å². The van der Waals surface area contributed by atoms with Gasteiger partial charge >= 0.3 is 0 Å². The summed E-state index contributed by atoms with van der Waals surface area (Å²) in [6.45, 7) is 9.15. The molecule has 0 radical (unpaired) electrons. The van der Waals surface area contributed by atoms with Crippen LogP contribution >= 0.6 is 0 Å². The van der Waals surface area contributed by atoms with Gasteiger partial charge in [0, 0.05) is 19.2 Å². The third kappa shape index (κ3) is 7.14. The van der Waals surface area contributed by atoms with E-state index in [0.717, 1.165) is 26.2 Å². The third-order valence-electron chi connectivity index (χ3n) is 2.58. The lowest BCUT2D eigenvalue weighted by Crippen LogP contribution is -2.31. The summed E-state index contributed by atoms with van der Waals surface area (Å²) in [6.07, 6.45) is 1.07. The summed E-state index contributed by atoms with van der Waals surface area (Å²) in [5.41, 5.74) is 1.38. The molecule has 0 amide bonds. The monoisotopic (exact) mass is 235 g/mol. The van der Waals surface area contributed by atoms with Crippen LogP contribution in [0.15, 0.2) is 30.3 Å². The average molecular weight is 235 g/mol. The number of rotatable bonds is 8. The highest BCUT2D eigenvalue weighted by Crippen LogP contribution is 2.02. The second-order valence-corrected chi connectivity index (χ2v) is 5.01. The fraction of sp³-hybridized carbons (Fsp3) is 0.600. The van der Waals surface area contributed by atoms with Crippen molar-refractivity contribution >= 4 is 0 Å². The molecule has 2 heteroatoms. The van der Waals surface area contributed by atoms with Crippen LogP contribution in [0.5, 0.6) is 0 Å². The summed E-state index contributed by atoms with van der Waals surface area (Å²) in [5.74, 6) is 0.622. The molecule has 17 heavy (non-hydrogen) atoms. The van der Waals surface area contributed by atoms with Crippen molar-refractivity contribution in [1.29, 1.82) is 0 Å². The van der Waals surface area contributed by atoms with E-state index in [1.807, 2.05) is 0 Å². The predicted octanol–water partition coefficient (Wildman–Crippen LogP) is 2.88. The first-order chi connectivity index (χ1) is 8.18. The third-order valence-corrected chi connectivity index (χ3v) is 2.58. The van der Waals surface area contributed by atoms with Gasteiger partial charge in [-0.1, -0.05) is 44.2 Å². The van der Waals surface area contributed by atoms with E-state index < -0.39 is 0 Å². The minimum Gasteiger partial charge on any atom is -0.380 e. The van der Waals surface area contributed by atoms with E-state index in [2.05, 4.69) is 56.4 Å². The number of nitrogens with one attached hydrogen (secondary N) is 1. The highest BCUT2D eigenvalue weighted by molar-refractivity contribution is 5.15. The molecule has 0 aliphatic rings. The van der Waals surface area contributed by atoms with Crippen LogP contribution in [0, 0.1) is 5.92 Å². The predicted molar refractivity (Wildman–Crippen MR) is 73.3 cm³/mol. The van der Waals surface area contributed by atoms with Gasteiger partial charge in [-0.15, -0.1) is 0 Å². The highest BCUT2D eigenvalue weighted by atomic mass is 16.5. The minimum absolute atomic E-state index is 0.500. The maximum atomic E-state index is 5.53. The van der Waals surface area contributed by atoms with Crippen molar-refractivity contribution in [2.45, 2.75) is 33.2 Å². The first kappa shape index (κ1) is 14.2. The molecule has 1 unspecified atom stereocenters. The molecule has 0 bridgehead atoms. The van der Waals surface area contributed by atoms with Crippen LogP contribution in [-0.2, 0) is 11.2 Å². The maximum Gasteiger partial charge on any atom is 0.0591 e. The Labute approximate surface area is 105 Å². The molecule has 0 aliphatic carbocycles. The van der Waals surface area contributed by atoms with Crippen LogP contribution < -0.4 is 5.32 Å². The van der Waals surface area contributed by atoms with Crippen LogP contribution in [0.1, 0.15) is 26.3 Å². The molecular formula is C15H25NO. The highest BCUT2D eigenvalue weighted by Gasteiger charge is 2.02. The second-order valence-electron chi connectivity index (χ2n) is 5.01. The zero-order valence-electron chi connectivity index (χ0n) is 11.3. The van der Waals surface area contributed by atoms with E-state index >= 15 is 0 Å². The van der Waals surface area contributed by atoms with E-state index in [-0.39, 0.29) is 0 Å². The van der Waals surface area contributed by atoms with Gasteiger partial charge in [0.25, 0.3) is 0 Å². The normalized spacial score (nSPS) is 12.9. The fourth-order valence-electron chi connectivity index (χ4n) is 1.74. The van der Waals surface area contributed by atoms with Crippen molar-refractivity contribution in [2.24, 2.45) is 5.92 Å². The number of benzene rings is 1. The quantitative estimate of drug-likeness (QED) is 0.700. The van der Waals surface area contributed by atoms with Crippen LogP contribution in [0.2, 0.25) is 0 Å². The first-order valence-corrected chi connectivity index (χ1v) is 6.53. The Bertz CT molecular complexity index is 284. The summed E-state index contributed by atoms with van der Waals surface area (Å²) in [4.78, 5) is 0. The fourth-order valence-corrected chi connectivity index (χ4v) is 1.74. The van der Waals surface area contributed by atoms with E-state index in [4.69, 9.17) is 4.74 Å². The maximum absolute atomic E-state index is 5.53. The molecule has 2 nitrogen and oxygen atoms in total. The van der Waals surface area contributed by atoms with Crippen molar-refractivity contribution in [3.05, 3.63) is 35.9 Å². The summed E-state index contributed by atoms with van der Waals surface area (Å²) >= 11 is 0. The smallest absolute Gasteiger partial charge is 0.0591 e. The molecule has 0 heterocycles. The van der Waals surface area contributed by atoms with E-state index in [1.165, 1.54) is 5.56 Å². The van der Waals surface area contributed by atoms with Gasteiger partial charge in [0.15, 0.2) is 0 Å². The Morgan fingerprint density at radius 3 is 2.47 bits per heavy atom. The average Bonchev–Trinajstić information content (AvgIpc) is 2.29. The van der Waals surface area contributed by atoms with Gasteiger partial charge in [0.2, 0.25) is 0 Å². The lowest BCUT2D eigenvalue weighted by Gasteiger charge is -2.14. The van der Waals surface area contributed by atoms with Crippen LogP contribution in [-0.4, -0.2) is 25.8 Å². The summed E-state index contributed by atoms with van der Waals surface area (Å²) < 4.78 is 5.53. The molecule has 0 saturated heterocycles. The van der Waals surface area contributed by atoms with Crippen molar-refractivity contribution in [3.8, 4) is 0 Å².